The van der Waals surface area contributed by atoms with Crippen LogP contribution in [0.1, 0.15) is 68.4 Å². The molecule has 3 heterocycles. The molecule has 2 fully saturated rings. The number of aromatic nitrogens is 2. The third-order valence-corrected chi connectivity index (χ3v) is 6.91. The highest BCUT2D eigenvalue weighted by molar-refractivity contribution is 7.80. The van der Waals surface area contributed by atoms with Crippen LogP contribution in [0.4, 0.5) is 5.69 Å². The number of hydrogen-bond donors (Lipinski definition) is 1. The zero-order chi connectivity index (χ0) is 21.9. The van der Waals surface area contributed by atoms with Gasteiger partial charge in [-0.15, -0.1) is 0 Å². The molecule has 166 valence electrons. The molecule has 2 aromatic heterocycles. The average molecular weight is 447 g/mol. The maximum atomic E-state index is 5.84. The second-order valence-corrected chi connectivity index (χ2v) is 8.99. The Bertz CT molecular complexity index is 1040. The molecular formula is C26H30N4OS. The van der Waals surface area contributed by atoms with Crippen LogP contribution in [0.2, 0.25) is 0 Å². The Kier molecular flexibility index (Phi) is 6.12. The molecule has 0 bridgehead atoms. The van der Waals surface area contributed by atoms with Crippen LogP contribution in [0, 0.1) is 0 Å². The fraction of sp³-hybridized carbons (Fsp3) is 0.385. The van der Waals surface area contributed by atoms with Crippen LogP contribution in [0.5, 0.6) is 5.75 Å². The predicted octanol–water partition coefficient (Wildman–Crippen LogP) is 5.96. The summed E-state index contributed by atoms with van der Waals surface area (Å²) < 4.78 is 8.06. The number of hydrogen-bond acceptors (Lipinski definition) is 3. The van der Waals surface area contributed by atoms with Crippen molar-refractivity contribution in [3.63, 3.8) is 0 Å². The normalized spacial score (nSPS) is 21.5. The van der Waals surface area contributed by atoms with Gasteiger partial charge < -0.3 is 19.5 Å². The Morgan fingerprint density at radius 2 is 1.88 bits per heavy atom. The van der Waals surface area contributed by atoms with Gasteiger partial charge in [0.2, 0.25) is 0 Å². The Balaban J connectivity index is 1.51. The number of ether oxygens (including phenoxy) is 1. The van der Waals surface area contributed by atoms with Crippen LogP contribution in [-0.4, -0.2) is 21.3 Å². The number of anilines is 1. The molecule has 1 saturated carbocycles. The minimum atomic E-state index is -0.0162. The largest absolute Gasteiger partial charge is 0.494 e. The second-order valence-electron chi connectivity index (χ2n) is 8.61. The summed E-state index contributed by atoms with van der Waals surface area (Å²) in [5.74, 6) is 0.871. The second kappa shape index (κ2) is 9.33. The van der Waals surface area contributed by atoms with Crippen LogP contribution in [0.15, 0.2) is 67.1 Å². The maximum Gasteiger partial charge on any atom is 0.174 e. The minimum Gasteiger partial charge on any atom is -0.494 e. The Morgan fingerprint density at radius 1 is 1.06 bits per heavy atom. The van der Waals surface area contributed by atoms with Gasteiger partial charge in [0.25, 0.3) is 0 Å². The fourth-order valence-electron chi connectivity index (χ4n) is 5.05. The van der Waals surface area contributed by atoms with Crippen molar-refractivity contribution in [3.05, 3.63) is 78.4 Å². The van der Waals surface area contributed by atoms with Gasteiger partial charge in [0.15, 0.2) is 5.11 Å². The fourth-order valence-corrected chi connectivity index (χ4v) is 5.40. The van der Waals surface area contributed by atoms with E-state index >= 15 is 0 Å². The molecule has 1 N–H and O–H groups in total. The van der Waals surface area contributed by atoms with Crippen molar-refractivity contribution in [3.8, 4) is 5.75 Å². The first kappa shape index (κ1) is 21.0. The summed E-state index contributed by atoms with van der Waals surface area (Å²) in [5, 5.41) is 4.27. The van der Waals surface area contributed by atoms with Gasteiger partial charge in [0.1, 0.15) is 5.75 Å². The minimum absolute atomic E-state index is 0.0162. The first-order chi connectivity index (χ1) is 15.7. The summed E-state index contributed by atoms with van der Waals surface area (Å²) in [4.78, 5) is 6.89. The first-order valence-electron chi connectivity index (χ1n) is 11.7. The Hall–Kier alpha value is -2.86. The van der Waals surface area contributed by atoms with Crippen LogP contribution >= 0.6 is 12.2 Å². The van der Waals surface area contributed by atoms with Crippen LogP contribution in [0.25, 0.3) is 0 Å². The van der Waals surface area contributed by atoms with E-state index in [0.717, 1.165) is 22.2 Å². The third kappa shape index (κ3) is 4.11. The molecule has 2 atom stereocenters. The summed E-state index contributed by atoms with van der Waals surface area (Å²) in [6, 6.07) is 17.1. The van der Waals surface area contributed by atoms with E-state index in [1.54, 1.807) is 0 Å². The summed E-state index contributed by atoms with van der Waals surface area (Å²) in [5.41, 5.74) is 3.31. The van der Waals surface area contributed by atoms with Crippen molar-refractivity contribution in [1.82, 2.24) is 14.9 Å². The molecule has 0 spiro atoms. The highest BCUT2D eigenvalue weighted by Gasteiger charge is 2.41. The van der Waals surface area contributed by atoms with E-state index in [1.165, 1.54) is 37.7 Å². The Morgan fingerprint density at radius 3 is 2.59 bits per heavy atom. The number of pyridine rings is 1. The molecule has 6 heteroatoms. The van der Waals surface area contributed by atoms with Gasteiger partial charge in [0, 0.05) is 30.3 Å². The molecule has 2 aliphatic rings. The number of benzene rings is 1. The lowest BCUT2D eigenvalue weighted by Gasteiger charge is -2.28. The van der Waals surface area contributed by atoms with E-state index in [-0.39, 0.29) is 12.1 Å². The van der Waals surface area contributed by atoms with Crippen molar-refractivity contribution in [1.29, 1.82) is 0 Å². The van der Waals surface area contributed by atoms with Crippen LogP contribution in [-0.2, 0) is 0 Å². The van der Waals surface area contributed by atoms with Gasteiger partial charge in [0.05, 0.1) is 24.4 Å². The van der Waals surface area contributed by atoms with E-state index in [4.69, 9.17) is 17.0 Å². The number of rotatable bonds is 6. The quantitative estimate of drug-likeness (QED) is 0.473. The summed E-state index contributed by atoms with van der Waals surface area (Å²) in [6.45, 7) is 2.65. The SMILES string of the molecule is CCOc1ccc(N2C(=S)N[C@@H](c3ccccn3)[C@H]2c2ccn(C3CCCCC3)c2)cc1. The van der Waals surface area contributed by atoms with Crippen LogP contribution < -0.4 is 15.0 Å². The van der Waals surface area contributed by atoms with E-state index in [9.17, 15) is 0 Å². The summed E-state index contributed by atoms with van der Waals surface area (Å²) >= 11 is 5.84. The lowest BCUT2D eigenvalue weighted by Crippen LogP contribution is -2.29. The molecular weight excluding hydrogens is 416 g/mol. The topological polar surface area (TPSA) is 42.3 Å². The molecule has 0 amide bonds. The third-order valence-electron chi connectivity index (χ3n) is 6.60. The van der Waals surface area contributed by atoms with Crippen molar-refractivity contribution in [2.24, 2.45) is 0 Å². The van der Waals surface area contributed by atoms with Gasteiger partial charge in [-0.3, -0.25) is 4.98 Å². The lowest BCUT2D eigenvalue weighted by atomic mass is 9.95. The van der Waals surface area contributed by atoms with Gasteiger partial charge in [-0.1, -0.05) is 25.3 Å². The highest BCUT2D eigenvalue weighted by Crippen LogP contribution is 2.42. The van der Waals surface area contributed by atoms with Gasteiger partial charge in [-0.2, -0.15) is 0 Å². The molecule has 1 aliphatic carbocycles. The van der Waals surface area contributed by atoms with Crippen LogP contribution in [0.3, 0.4) is 0 Å². The van der Waals surface area contributed by atoms with Gasteiger partial charge in [-0.25, -0.2) is 0 Å². The van der Waals surface area contributed by atoms with E-state index in [2.05, 4.69) is 56.4 Å². The van der Waals surface area contributed by atoms with Crippen molar-refractivity contribution >= 4 is 23.0 Å². The molecule has 1 aliphatic heterocycles. The number of nitrogens with one attached hydrogen (secondary N) is 1. The van der Waals surface area contributed by atoms with Crippen molar-refractivity contribution in [2.45, 2.75) is 57.2 Å². The van der Waals surface area contributed by atoms with E-state index in [1.807, 2.05) is 37.4 Å². The first-order valence-corrected chi connectivity index (χ1v) is 12.1. The molecule has 5 rings (SSSR count). The molecule has 5 nitrogen and oxygen atoms in total. The molecule has 3 aromatic rings. The number of thiocarbonyl (C=S) groups is 1. The summed E-state index contributed by atoms with van der Waals surface area (Å²) in [7, 11) is 0. The zero-order valence-corrected chi connectivity index (χ0v) is 19.3. The van der Waals surface area contributed by atoms with Gasteiger partial charge in [-0.05, 0) is 80.0 Å². The van der Waals surface area contributed by atoms with E-state index in [0.29, 0.717) is 12.6 Å². The summed E-state index contributed by atoms with van der Waals surface area (Å²) in [6.07, 6.45) is 13.0. The lowest BCUT2D eigenvalue weighted by molar-refractivity contribution is 0.340. The molecule has 32 heavy (non-hydrogen) atoms. The molecule has 0 radical (unpaired) electrons. The monoisotopic (exact) mass is 446 g/mol. The average Bonchev–Trinajstić information content (AvgIpc) is 3.46. The Labute approximate surface area is 195 Å². The van der Waals surface area contributed by atoms with Gasteiger partial charge >= 0.3 is 0 Å². The van der Waals surface area contributed by atoms with Crippen molar-refractivity contribution in [2.75, 3.05) is 11.5 Å². The molecule has 1 saturated heterocycles. The maximum absolute atomic E-state index is 5.84. The molecule has 0 unspecified atom stereocenters. The highest BCUT2D eigenvalue weighted by atomic mass is 32.1. The number of nitrogens with zero attached hydrogens (tertiary/aromatic N) is 3. The van der Waals surface area contributed by atoms with E-state index < -0.39 is 0 Å². The standard InChI is InChI=1S/C26H30N4OS/c1-2-31-22-13-11-21(12-14-22)30-25(24(28-26(30)32)23-10-6-7-16-27-23)19-15-17-29(18-19)20-8-4-3-5-9-20/h6-7,10-18,20,24-25H,2-5,8-9H2,1H3,(H,28,32)/t24-,25+/m0/s1. The predicted molar refractivity (Wildman–Crippen MR) is 132 cm³/mol. The zero-order valence-electron chi connectivity index (χ0n) is 18.5. The van der Waals surface area contributed by atoms with Crippen molar-refractivity contribution < 1.29 is 4.74 Å². The smallest absolute Gasteiger partial charge is 0.174 e. The molecule has 1 aromatic carbocycles.